The number of hydrogen-bond donors (Lipinski definition) is 2. The molecule has 2 aromatic carbocycles. The van der Waals surface area contributed by atoms with Gasteiger partial charge in [0.05, 0.1) is 18.6 Å². The molecule has 0 unspecified atom stereocenters. The quantitative estimate of drug-likeness (QED) is 0.420. The first-order chi connectivity index (χ1) is 18.8. The van der Waals surface area contributed by atoms with Crippen molar-refractivity contribution in [1.29, 1.82) is 0 Å². The third kappa shape index (κ3) is 5.36. The van der Waals surface area contributed by atoms with Crippen LogP contribution in [-0.2, 0) is 16.8 Å². The number of nitrogens with zero attached hydrogens (tertiary/aromatic N) is 3. The zero-order chi connectivity index (χ0) is 27.0. The molecule has 0 atom stereocenters. The third-order valence-electron chi connectivity index (χ3n) is 8.13. The van der Waals surface area contributed by atoms with Crippen molar-refractivity contribution in [2.45, 2.75) is 50.9 Å². The summed E-state index contributed by atoms with van der Waals surface area (Å²) in [6, 6.07) is 16.4. The maximum atomic E-state index is 10.7. The topological polar surface area (TPSA) is 106 Å². The summed E-state index contributed by atoms with van der Waals surface area (Å²) in [5, 5.41) is 11.3. The zero-order valence-corrected chi connectivity index (χ0v) is 22.3. The van der Waals surface area contributed by atoms with E-state index in [2.05, 4.69) is 58.3 Å². The van der Waals surface area contributed by atoms with E-state index in [0.717, 1.165) is 49.3 Å². The number of nitrogens with one attached hydrogen (secondary N) is 1. The van der Waals surface area contributed by atoms with E-state index in [1.54, 1.807) is 0 Å². The second-order valence-electron chi connectivity index (χ2n) is 11.6. The molecule has 1 amide bonds. The summed E-state index contributed by atoms with van der Waals surface area (Å²) in [7, 11) is 0. The Morgan fingerprint density at radius 3 is 2.15 bits per heavy atom. The average Bonchev–Trinajstić information content (AvgIpc) is 2.85. The molecule has 2 saturated heterocycles. The number of aromatic nitrogens is 2. The van der Waals surface area contributed by atoms with E-state index in [1.165, 1.54) is 11.1 Å². The number of benzene rings is 2. The highest BCUT2D eigenvalue weighted by molar-refractivity contribution is 5.65. The molecule has 1 aromatic heterocycles. The SMILES string of the molecule is CC(C)(c1ccc(OCc2cnc(N3CC4(COC4)C3)nc2)cc1)c1ccc(OC2CC(NC(=O)O)C2)cc1. The fourth-order valence-corrected chi connectivity index (χ4v) is 5.46. The third-order valence-corrected chi connectivity index (χ3v) is 8.13. The zero-order valence-electron chi connectivity index (χ0n) is 22.3. The minimum absolute atomic E-state index is 0.0162. The van der Waals surface area contributed by atoms with Crippen LogP contribution in [0.4, 0.5) is 10.7 Å². The van der Waals surface area contributed by atoms with Crippen molar-refractivity contribution in [2.75, 3.05) is 31.2 Å². The molecule has 0 bridgehead atoms. The predicted octanol–water partition coefficient (Wildman–Crippen LogP) is 4.40. The Morgan fingerprint density at radius 2 is 1.62 bits per heavy atom. The molecule has 1 saturated carbocycles. The van der Waals surface area contributed by atoms with Gasteiger partial charge in [-0.25, -0.2) is 14.8 Å². The van der Waals surface area contributed by atoms with Gasteiger partial charge in [0.2, 0.25) is 5.95 Å². The van der Waals surface area contributed by atoms with Crippen LogP contribution in [0.1, 0.15) is 43.4 Å². The van der Waals surface area contributed by atoms with Crippen molar-refractivity contribution < 1.29 is 24.1 Å². The highest BCUT2D eigenvalue weighted by atomic mass is 16.5. The van der Waals surface area contributed by atoms with Gasteiger partial charge in [0.25, 0.3) is 0 Å². The summed E-state index contributed by atoms with van der Waals surface area (Å²) >= 11 is 0. The predicted molar refractivity (Wildman–Crippen MR) is 145 cm³/mol. The molecule has 6 rings (SSSR count). The van der Waals surface area contributed by atoms with Gasteiger partial charge in [-0.2, -0.15) is 0 Å². The average molecular weight is 531 g/mol. The first-order valence-corrected chi connectivity index (χ1v) is 13.4. The molecule has 3 aliphatic rings. The number of carbonyl (C=O) groups is 1. The summed E-state index contributed by atoms with van der Waals surface area (Å²) < 4.78 is 17.3. The summed E-state index contributed by atoms with van der Waals surface area (Å²) in [5.74, 6) is 2.37. The Morgan fingerprint density at radius 1 is 1.03 bits per heavy atom. The fraction of sp³-hybridized carbons (Fsp3) is 0.433. The first-order valence-electron chi connectivity index (χ1n) is 13.4. The van der Waals surface area contributed by atoms with Crippen LogP contribution in [0.15, 0.2) is 60.9 Å². The van der Waals surface area contributed by atoms with Crippen molar-refractivity contribution in [1.82, 2.24) is 15.3 Å². The fourth-order valence-electron chi connectivity index (χ4n) is 5.46. The van der Waals surface area contributed by atoms with E-state index in [9.17, 15) is 4.79 Å². The van der Waals surface area contributed by atoms with Crippen LogP contribution >= 0.6 is 0 Å². The number of anilines is 1. The number of ether oxygens (including phenoxy) is 3. The molecule has 9 heteroatoms. The number of carboxylic acid groups (broad SMARTS) is 1. The lowest BCUT2D eigenvalue weighted by Gasteiger charge is -2.54. The van der Waals surface area contributed by atoms with Crippen LogP contribution in [0, 0.1) is 5.41 Å². The van der Waals surface area contributed by atoms with Crippen LogP contribution in [0.3, 0.4) is 0 Å². The normalized spacial score (nSPS) is 21.3. The van der Waals surface area contributed by atoms with E-state index in [4.69, 9.17) is 19.3 Å². The molecular weight excluding hydrogens is 496 g/mol. The van der Waals surface area contributed by atoms with Crippen molar-refractivity contribution in [3.05, 3.63) is 77.6 Å². The Labute approximate surface area is 228 Å². The molecule has 2 N–H and O–H groups in total. The standard InChI is InChI=1S/C30H34N4O5/c1-29(2,22-5-9-25(10-6-22)39-26-11-23(12-26)33-28(35)36)21-3-7-24(8-4-21)38-15-20-13-31-27(32-14-20)34-16-30(17-34)18-37-19-30/h3-10,13-14,23,26,33H,11-12,15-19H2,1-2H3,(H,35,36). The molecule has 1 aliphatic carbocycles. The van der Waals surface area contributed by atoms with E-state index in [0.29, 0.717) is 24.9 Å². The van der Waals surface area contributed by atoms with Crippen molar-refractivity contribution in [3.63, 3.8) is 0 Å². The summed E-state index contributed by atoms with van der Waals surface area (Å²) in [6.45, 7) is 8.45. The molecule has 1 spiro atoms. The molecular formula is C30H34N4O5. The minimum Gasteiger partial charge on any atom is -0.490 e. The highest BCUT2D eigenvalue weighted by Crippen LogP contribution is 2.39. The first kappa shape index (κ1) is 25.4. The second-order valence-corrected chi connectivity index (χ2v) is 11.6. The molecule has 3 fully saturated rings. The van der Waals surface area contributed by atoms with Gasteiger partial charge in [0.1, 0.15) is 24.2 Å². The van der Waals surface area contributed by atoms with Crippen molar-refractivity contribution in [3.8, 4) is 11.5 Å². The van der Waals surface area contributed by atoms with E-state index < -0.39 is 6.09 Å². The lowest BCUT2D eigenvalue weighted by Crippen LogP contribution is -2.66. The smallest absolute Gasteiger partial charge is 0.404 e. The van der Waals surface area contributed by atoms with Gasteiger partial charge in [-0.15, -0.1) is 0 Å². The maximum absolute atomic E-state index is 10.7. The molecule has 3 heterocycles. The van der Waals surface area contributed by atoms with Gasteiger partial charge < -0.3 is 29.5 Å². The molecule has 9 nitrogen and oxygen atoms in total. The molecule has 39 heavy (non-hydrogen) atoms. The summed E-state index contributed by atoms with van der Waals surface area (Å²) in [6.07, 6.45) is 4.14. The monoisotopic (exact) mass is 530 g/mol. The summed E-state index contributed by atoms with van der Waals surface area (Å²) in [5.41, 5.74) is 3.44. The highest BCUT2D eigenvalue weighted by Gasteiger charge is 2.49. The lowest BCUT2D eigenvalue weighted by molar-refractivity contribution is -0.127. The van der Waals surface area contributed by atoms with Crippen LogP contribution in [0.2, 0.25) is 0 Å². The maximum Gasteiger partial charge on any atom is 0.404 e. The van der Waals surface area contributed by atoms with Gasteiger partial charge in [-0.1, -0.05) is 38.1 Å². The Kier molecular flexibility index (Phi) is 6.54. The molecule has 0 radical (unpaired) electrons. The Balaban J connectivity index is 0.995. The van der Waals surface area contributed by atoms with Gasteiger partial charge in [0.15, 0.2) is 0 Å². The largest absolute Gasteiger partial charge is 0.490 e. The molecule has 3 aromatic rings. The molecule has 2 aliphatic heterocycles. The van der Waals surface area contributed by atoms with E-state index in [1.807, 2.05) is 36.7 Å². The number of rotatable bonds is 9. The van der Waals surface area contributed by atoms with Crippen LogP contribution in [0.5, 0.6) is 11.5 Å². The molecule has 204 valence electrons. The van der Waals surface area contributed by atoms with Crippen molar-refractivity contribution in [2.24, 2.45) is 5.41 Å². The van der Waals surface area contributed by atoms with Gasteiger partial charge >= 0.3 is 6.09 Å². The van der Waals surface area contributed by atoms with Crippen LogP contribution in [-0.4, -0.2) is 59.6 Å². The van der Waals surface area contributed by atoms with E-state index in [-0.39, 0.29) is 17.6 Å². The van der Waals surface area contributed by atoms with Crippen LogP contribution in [0.25, 0.3) is 0 Å². The summed E-state index contributed by atoms with van der Waals surface area (Å²) in [4.78, 5) is 22.0. The van der Waals surface area contributed by atoms with Gasteiger partial charge in [0, 0.05) is 55.3 Å². The number of amides is 1. The lowest BCUT2D eigenvalue weighted by atomic mass is 9.78. The Hall–Kier alpha value is -3.85. The second kappa shape index (κ2) is 10.0. The van der Waals surface area contributed by atoms with E-state index >= 15 is 0 Å². The van der Waals surface area contributed by atoms with Crippen molar-refractivity contribution >= 4 is 12.0 Å². The minimum atomic E-state index is -0.982. The number of hydrogen-bond acceptors (Lipinski definition) is 7. The van der Waals surface area contributed by atoms with Gasteiger partial charge in [-0.05, 0) is 35.4 Å². The van der Waals surface area contributed by atoms with Gasteiger partial charge in [-0.3, -0.25) is 0 Å². The Bertz CT molecular complexity index is 1290. The van der Waals surface area contributed by atoms with Crippen LogP contribution < -0.4 is 19.7 Å².